The maximum absolute atomic E-state index is 4.06. The standard InChI is InChI=1S/C12H10N2S/c15-8-2-1-3-10-4-5-11-6-7-13-14-12(11)9-10/h4-7,9,15H,3,8H2. The Morgan fingerprint density at radius 1 is 1.20 bits per heavy atom. The molecule has 0 aliphatic heterocycles. The van der Waals surface area contributed by atoms with E-state index in [1.54, 1.807) is 6.20 Å². The molecule has 0 saturated carbocycles. The minimum atomic E-state index is 0.605. The van der Waals surface area contributed by atoms with E-state index in [1.165, 1.54) is 0 Å². The third-order valence-electron chi connectivity index (χ3n) is 2.08. The molecular formula is C12H10N2S. The van der Waals surface area contributed by atoms with E-state index in [2.05, 4.69) is 40.7 Å². The summed E-state index contributed by atoms with van der Waals surface area (Å²) in [6.07, 6.45) is 2.44. The maximum Gasteiger partial charge on any atom is 0.0932 e. The summed E-state index contributed by atoms with van der Waals surface area (Å²) in [5.41, 5.74) is 2.08. The van der Waals surface area contributed by atoms with Crippen molar-refractivity contribution >= 4 is 23.5 Å². The van der Waals surface area contributed by atoms with Crippen LogP contribution in [0.4, 0.5) is 0 Å². The van der Waals surface area contributed by atoms with E-state index in [4.69, 9.17) is 0 Å². The Kier molecular flexibility index (Phi) is 3.21. The first kappa shape index (κ1) is 10.0. The molecule has 0 amide bonds. The van der Waals surface area contributed by atoms with Gasteiger partial charge in [0.25, 0.3) is 0 Å². The third-order valence-corrected chi connectivity index (χ3v) is 2.24. The van der Waals surface area contributed by atoms with Crippen LogP contribution in [0.5, 0.6) is 0 Å². The molecule has 0 saturated heterocycles. The Hall–Kier alpha value is -1.53. The fourth-order valence-corrected chi connectivity index (χ4v) is 1.47. The Balaban J connectivity index is 2.30. The molecule has 0 bridgehead atoms. The van der Waals surface area contributed by atoms with Crippen LogP contribution in [0.15, 0.2) is 30.5 Å². The Bertz CT molecular complexity index is 526. The van der Waals surface area contributed by atoms with Gasteiger partial charge in [0.1, 0.15) is 0 Å². The van der Waals surface area contributed by atoms with Crippen molar-refractivity contribution < 1.29 is 0 Å². The highest BCUT2D eigenvalue weighted by Crippen LogP contribution is 2.12. The number of aromatic nitrogens is 2. The molecule has 0 N–H and O–H groups in total. The topological polar surface area (TPSA) is 25.8 Å². The number of benzene rings is 1. The Morgan fingerprint density at radius 2 is 2.13 bits per heavy atom. The number of hydrogen-bond donors (Lipinski definition) is 1. The minimum absolute atomic E-state index is 0.605. The van der Waals surface area contributed by atoms with Gasteiger partial charge in [-0.15, -0.1) is 0 Å². The van der Waals surface area contributed by atoms with Crippen LogP contribution < -0.4 is 0 Å². The first-order valence-electron chi connectivity index (χ1n) is 4.67. The summed E-state index contributed by atoms with van der Waals surface area (Å²) in [4.78, 5) is 0. The molecule has 0 radical (unpaired) electrons. The zero-order valence-electron chi connectivity index (χ0n) is 8.14. The monoisotopic (exact) mass is 214 g/mol. The molecule has 74 valence electrons. The normalized spacial score (nSPS) is 9.67. The van der Waals surface area contributed by atoms with E-state index >= 15 is 0 Å². The van der Waals surface area contributed by atoms with Gasteiger partial charge < -0.3 is 0 Å². The average Bonchev–Trinajstić information content (AvgIpc) is 2.29. The molecule has 0 fully saturated rings. The van der Waals surface area contributed by atoms with Crippen molar-refractivity contribution in [3.8, 4) is 11.8 Å². The van der Waals surface area contributed by atoms with Gasteiger partial charge in [0.05, 0.1) is 17.5 Å². The van der Waals surface area contributed by atoms with Crippen LogP contribution in [-0.4, -0.2) is 16.0 Å². The lowest BCUT2D eigenvalue weighted by molar-refractivity contribution is 1.07. The lowest BCUT2D eigenvalue weighted by Crippen LogP contribution is -1.86. The molecule has 2 nitrogen and oxygen atoms in total. The van der Waals surface area contributed by atoms with E-state index in [-0.39, 0.29) is 0 Å². The van der Waals surface area contributed by atoms with Crippen LogP contribution in [0.2, 0.25) is 0 Å². The molecule has 0 aliphatic rings. The maximum atomic E-state index is 4.06. The largest absolute Gasteiger partial charge is 0.166 e. The SMILES string of the molecule is SCC#CCc1ccc2ccnnc2c1. The molecule has 1 aromatic heterocycles. The molecular weight excluding hydrogens is 204 g/mol. The number of rotatable bonds is 1. The van der Waals surface area contributed by atoms with Gasteiger partial charge in [0, 0.05) is 11.8 Å². The molecule has 0 unspecified atom stereocenters. The average molecular weight is 214 g/mol. The zero-order valence-corrected chi connectivity index (χ0v) is 9.04. The van der Waals surface area contributed by atoms with Gasteiger partial charge in [-0.3, -0.25) is 0 Å². The smallest absolute Gasteiger partial charge is 0.0932 e. The lowest BCUT2D eigenvalue weighted by atomic mass is 10.1. The number of fused-ring (bicyclic) bond motifs is 1. The first-order valence-corrected chi connectivity index (χ1v) is 5.30. The van der Waals surface area contributed by atoms with Gasteiger partial charge in [-0.1, -0.05) is 24.0 Å². The van der Waals surface area contributed by atoms with Crippen LogP contribution in [0.3, 0.4) is 0 Å². The third kappa shape index (κ3) is 2.48. The van der Waals surface area contributed by atoms with E-state index in [0.29, 0.717) is 5.75 Å². The van der Waals surface area contributed by atoms with Crippen LogP contribution in [0.25, 0.3) is 10.9 Å². The fourth-order valence-electron chi connectivity index (χ4n) is 1.36. The highest BCUT2D eigenvalue weighted by atomic mass is 32.1. The predicted molar refractivity (Wildman–Crippen MR) is 64.9 cm³/mol. The van der Waals surface area contributed by atoms with Crippen molar-refractivity contribution in [1.29, 1.82) is 0 Å². The van der Waals surface area contributed by atoms with E-state index < -0.39 is 0 Å². The Labute approximate surface area is 94.1 Å². The predicted octanol–water partition coefficient (Wildman–Crippen LogP) is 2.11. The highest BCUT2D eigenvalue weighted by molar-refractivity contribution is 7.80. The number of thiol groups is 1. The van der Waals surface area contributed by atoms with Crippen molar-refractivity contribution in [2.45, 2.75) is 6.42 Å². The van der Waals surface area contributed by atoms with E-state index in [9.17, 15) is 0 Å². The van der Waals surface area contributed by atoms with Crippen molar-refractivity contribution in [3.63, 3.8) is 0 Å². The van der Waals surface area contributed by atoms with E-state index in [0.717, 1.165) is 22.9 Å². The fraction of sp³-hybridized carbons (Fsp3) is 0.167. The van der Waals surface area contributed by atoms with Crippen molar-refractivity contribution in [2.24, 2.45) is 0 Å². The lowest BCUT2D eigenvalue weighted by Gasteiger charge is -1.97. The summed E-state index contributed by atoms with van der Waals surface area (Å²) in [6, 6.07) is 8.08. The van der Waals surface area contributed by atoms with Crippen LogP contribution in [-0.2, 0) is 6.42 Å². The quantitative estimate of drug-likeness (QED) is 0.581. The van der Waals surface area contributed by atoms with Gasteiger partial charge in [-0.2, -0.15) is 22.8 Å². The summed E-state index contributed by atoms with van der Waals surface area (Å²) in [7, 11) is 0. The van der Waals surface area contributed by atoms with E-state index in [1.807, 2.05) is 18.2 Å². The molecule has 0 aliphatic carbocycles. The second-order valence-corrected chi connectivity index (χ2v) is 3.43. The van der Waals surface area contributed by atoms with Crippen molar-refractivity contribution in [3.05, 3.63) is 36.0 Å². The molecule has 0 atom stereocenters. The van der Waals surface area contributed by atoms with Gasteiger partial charge in [0.2, 0.25) is 0 Å². The zero-order chi connectivity index (χ0) is 10.5. The number of hydrogen-bond acceptors (Lipinski definition) is 3. The van der Waals surface area contributed by atoms with Crippen LogP contribution in [0, 0.1) is 11.8 Å². The molecule has 15 heavy (non-hydrogen) atoms. The summed E-state index contributed by atoms with van der Waals surface area (Å²) >= 11 is 4.03. The summed E-state index contributed by atoms with van der Waals surface area (Å²) in [6.45, 7) is 0. The molecule has 2 rings (SSSR count). The summed E-state index contributed by atoms with van der Waals surface area (Å²) in [5.74, 6) is 6.57. The van der Waals surface area contributed by atoms with Gasteiger partial charge in [0.15, 0.2) is 0 Å². The second kappa shape index (κ2) is 4.81. The minimum Gasteiger partial charge on any atom is -0.166 e. The van der Waals surface area contributed by atoms with Gasteiger partial charge >= 0.3 is 0 Å². The first-order chi connectivity index (χ1) is 7.40. The van der Waals surface area contributed by atoms with Crippen molar-refractivity contribution in [2.75, 3.05) is 5.75 Å². The molecule has 2 aromatic rings. The summed E-state index contributed by atoms with van der Waals surface area (Å²) in [5, 5.41) is 9.02. The van der Waals surface area contributed by atoms with Crippen LogP contribution >= 0.6 is 12.6 Å². The van der Waals surface area contributed by atoms with Crippen molar-refractivity contribution in [1.82, 2.24) is 10.2 Å². The van der Waals surface area contributed by atoms with Gasteiger partial charge in [-0.05, 0) is 17.7 Å². The highest BCUT2D eigenvalue weighted by Gasteiger charge is 1.95. The molecule has 3 heteroatoms. The molecule has 1 heterocycles. The number of nitrogens with zero attached hydrogens (tertiary/aromatic N) is 2. The molecule has 1 aromatic carbocycles. The molecule has 0 spiro atoms. The van der Waals surface area contributed by atoms with Crippen LogP contribution in [0.1, 0.15) is 5.56 Å². The second-order valence-electron chi connectivity index (χ2n) is 3.11. The summed E-state index contributed by atoms with van der Waals surface area (Å²) < 4.78 is 0. The Morgan fingerprint density at radius 3 is 3.00 bits per heavy atom. The van der Waals surface area contributed by atoms with Gasteiger partial charge in [-0.25, -0.2) is 0 Å².